The Morgan fingerprint density at radius 2 is 1.71 bits per heavy atom. The summed E-state index contributed by atoms with van der Waals surface area (Å²) in [7, 11) is -3.04. The molecular formula is C22H22Cl2F3N2O5P. The first-order chi connectivity index (χ1) is 16.5. The Kier molecular flexibility index (Phi) is 11.3. The number of aryl methyl sites for hydroxylation is 3. The van der Waals surface area contributed by atoms with Crippen LogP contribution < -0.4 is 9.63 Å². The molecule has 0 saturated heterocycles. The molecule has 0 spiro atoms. The highest BCUT2D eigenvalue weighted by Crippen LogP contribution is 2.36. The fraction of sp³-hybridized carbons (Fsp3) is 0.273. The summed E-state index contributed by atoms with van der Waals surface area (Å²) in [4.78, 5) is 17.4. The van der Waals surface area contributed by atoms with Crippen molar-refractivity contribution in [1.29, 1.82) is 0 Å². The van der Waals surface area contributed by atoms with Crippen LogP contribution in [-0.2, 0) is 34.7 Å². The first-order valence-corrected chi connectivity index (χ1v) is 12.0. The second kappa shape index (κ2) is 13.7. The standard InChI is InChI=1S/C22H19Cl2F3N2O.HO4P.H2/c1-2-18-21(24)19(29-13-28-18)5-3-4-14-6-9-16(10-7-14)30-20-11-8-15(12-17(20)23)22(25,26)27;1-4-5(2)3;/h6-13H,2-5H2,1H3;1H;1H. The van der Waals surface area contributed by atoms with Gasteiger partial charge < -0.3 is 9.63 Å². The molecule has 2 aromatic carbocycles. The summed E-state index contributed by atoms with van der Waals surface area (Å²) in [5.74, 6) is 0.661. The molecule has 13 heteroatoms. The van der Waals surface area contributed by atoms with E-state index < -0.39 is 20.0 Å². The van der Waals surface area contributed by atoms with Gasteiger partial charge in [-0.1, -0.05) is 42.3 Å². The average Bonchev–Trinajstić information content (AvgIpc) is 2.82. The molecule has 1 atom stereocenters. The van der Waals surface area contributed by atoms with Crippen LogP contribution in [0.5, 0.6) is 11.5 Å². The van der Waals surface area contributed by atoms with Crippen molar-refractivity contribution in [2.45, 2.75) is 38.8 Å². The lowest BCUT2D eigenvalue weighted by Crippen LogP contribution is -2.04. The predicted octanol–water partition coefficient (Wildman–Crippen LogP) is 7.07. The van der Waals surface area contributed by atoms with E-state index in [1.54, 1.807) is 18.5 Å². The molecule has 0 aliphatic carbocycles. The topological polar surface area (TPSA) is 105 Å². The molecule has 0 saturated carbocycles. The van der Waals surface area contributed by atoms with Crippen molar-refractivity contribution in [3.05, 3.63) is 81.4 Å². The van der Waals surface area contributed by atoms with Gasteiger partial charge in [0.2, 0.25) is 0 Å². The number of rotatable bonds is 8. The maximum absolute atomic E-state index is 12.7. The lowest BCUT2D eigenvalue weighted by Gasteiger charge is -2.11. The second-order valence-electron chi connectivity index (χ2n) is 6.98. The van der Waals surface area contributed by atoms with E-state index in [4.69, 9.17) is 42.7 Å². The molecule has 1 N–H and O–H groups in total. The van der Waals surface area contributed by atoms with Gasteiger partial charge in [0.05, 0.1) is 27.0 Å². The molecule has 3 aromatic rings. The predicted molar refractivity (Wildman–Crippen MR) is 125 cm³/mol. The number of nitrogens with zero attached hydrogens (tertiary/aromatic N) is 2. The SMILES string of the molecule is CCc1ncnc(CCCc2ccc(Oc3ccc(C(F)(F)F)cc3Cl)cc2)c1Cl.O=[P+]([O-])OO.[HH]. The highest BCUT2D eigenvalue weighted by Gasteiger charge is 2.31. The summed E-state index contributed by atoms with van der Waals surface area (Å²) in [6.07, 6.45) is 0.289. The van der Waals surface area contributed by atoms with Gasteiger partial charge in [0.1, 0.15) is 17.8 Å². The Bertz CT molecular complexity index is 1140. The lowest BCUT2D eigenvalue weighted by atomic mass is 10.1. The van der Waals surface area contributed by atoms with Gasteiger partial charge in [0.15, 0.2) is 0 Å². The fourth-order valence-electron chi connectivity index (χ4n) is 2.94. The molecule has 0 radical (unpaired) electrons. The van der Waals surface area contributed by atoms with Gasteiger partial charge in [-0.3, -0.25) is 0 Å². The van der Waals surface area contributed by atoms with E-state index in [9.17, 15) is 13.2 Å². The summed E-state index contributed by atoms with van der Waals surface area (Å²) in [5.41, 5.74) is 1.98. The van der Waals surface area contributed by atoms with Crippen LogP contribution in [0.2, 0.25) is 10.0 Å². The van der Waals surface area contributed by atoms with Crippen LogP contribution in [0.15, 0.2) is 48.8 Å². The zero-order chi connectivity index (χ0) is 26.0. The summed E-state index contributed by atoms with van der Waals surface area (Å²) in [6.45, 7) is 2.00. The minimum Gasteiger partial charge on any atom is -0.565 e. The Morgan fingerprint density at radius 3 is 2.26 bits per heavy atom. The van der Waals surface area contributed by atoms with E-state index in [-0.39, 0.29) is 12.2 Å². The number of hydrogen-bond acceptors (Lipinski definition) is 7. The Morgan fingerprint density at radius 1 is 1.09 bits per heavy atom. The molecule has 190 valence electrons. The summed E-state index contributed by atoms with van der Waals surface area (Å²) in [6, 6.07) is 10.4. The van der Waals surface area contributed by atoms with E-state index in [0.29, 0.717) is 10.8 Å². The quantitative estimate of drug-likeness (QED) is 0.181. The number of halogens is 5. The first-order valence-electron chi connectivity index (χ1n) is 10.1. The van der Waals surface area contributed by atoms with Crippen LogP contribution in [0.4, 0.5) is 13.2 Å². The van der Waals surface area contributed by atoms with Gasteiger partial charge >= 0.3 is 14.4 Å². The first kappa shape index (κ1) is 28.9. The molecule has 3 rings (SSSR count). The largest absolute Gasteiger partial charge is 0.565 e. The summed E-state index contributed by atoms with van der Waals surface area (Å²) >= 11 is 12.3. The lowest BCUT2D eigenvalue weighted by molar-refractivity contribution is -0.244. The zero-order valence-electron chi connectivity index (χ0n) is 18.3. The highest BCUT2D eigenvalue weighted by atomic mass is 35.5. The molecule has 1 aromatic heterocycles. The van der Waals surface area contributed by atoms with Crippen molar-refractivity contribution in [1.82, 2.24) is 9.97 Å². The highest BCUT2D eigenvalue weighted by molar-refractivity contribution is 7.30. The summed E-state index contributed by atoms with van der Waals surface area (Å²) in [5, 5.41) is 7.59. The maximum atomic E-state index is 12.7. The van der Waals surface area contributed by atoms with Crippen molar-refractivity contribution in [2.24, 2.45) is 0 Å². The molecule has 0 fully saturated rings. The molecule has 0 aliphatic rings. The van der Waals surface area contributed by atoms with Crippen molar-refractivity contribution in [2.75, 3.05) is 0 Å². The minimum atomic E-state index is -4.45. The van der Waals surface area contributed by atoms with Crippen molar-refractivity contribution >= 4 is 31.5 Å². The van der Waals surface area contributed by atoms with Crippen LogP contribution in [0.3, 0.4) is 0 Å². The minimum absolute atomic E-state index is 0. The van der Waals surface area contributed by atoms with Gasteiger partial charge in [0.25, 0.3) is 0 Å². The molecule has 0 amide bonds. The second-order valence-corrected chi connectivity index (χ2v) is 8.38. The van der Waals surface area contributed by atoms with Crippen molar-refractivity contribution in [3.63, 3.8) is 0 Å². The van der Waals surface area contributed by atoms with Gasteiger partial charge in [0, 0.05) is 6.10 Å². The monoisotopic (exact) mass is 552 g/mol. The number of benzene rings is 2. The Balaban J connectivity index is 0.000000983. The van der Waals surface area contributed by atoms with Crippen LogP contribution in [0, 0.1) is 0 Å². The number of hydrogen-bond donors (Lipinski definition) is 1. The van der Waals surface area contributed by atoms with Crippen LogP contribution >= 0.6 is 31.5 Å². The molecule has 1 heterocycles. The van der Waals surface area contributed by atoms with E-state index in [2.05, 4.69) is 14.6 Å². The zero-order valence-corrected chi connectivity index (χ0v) is 20.7. The summed E-state index contributed by atoms with van der Waals surface area (Å²) < 4.78 is 55.4. The third-order valence-corrected chi connectivity index (χ3v) is 5.49. The number of ether oxygens (including phenoxy) is 1. The molecule has 0 bridgehead atoms. The van der Waals surface area contributed by atoms with E-state index in [1.165, 1.54) is 6.07 Å². The molecule has 1 unspecified atom stereocenters. The number of aromatic nitrogens is 2. The van der Waals surface area contributed by atoms with Gasteiger partial charge in [-0.25, -0.2) is 15.2 Å². The van der Waals surface area contributed by atoms with Gasteiger partial charge in [-0.15, -0.1) is 0 Å². The van der Waals surface area contributed by atoms with E-state index in [0.717, 1.165) is 54.8 Å². The van der Waals surface area contributed by atoms with Crippen LogP contribution in [-0.4, -0.2) is 15.2 Å². The van der Waals surface area contributed by atoms with E-state index >= 15 is 0 Å². The van der Waals surface area contributed by atoms with Gasteiger partial charge in [-0.05, 0) is 66.1 Å². The normalized spacial score (nSPS) is 11.5. The average molecular weight is 553 g/mol. The van der Waals surface area contributed by atoms with Crippen LogP contribution in [0.25, 0.3) is 0 Å². The fourth-order valence-corrected chi connectivity index (χ4v) is 3.48. The Hall–Kier alpha value is -2.33. The van der Waals surface area contributed by atoms with Crippen molar-refractivity contribution in [3.8, 4) is 11.5 Å². The Labute approximate surface area is 211 Å². The molecular weight excluding hydrogens is 531 g/mol. The van der Waals surface area contributed by atoms with Gasteiger partial charge in [-0.2, -0.15) is 13.2 Å². The molecule has 7 nitrogen and oxygen atoms in total. The number of alkyl halides is 3. The molecule has 35 heavy (non-hydrogen) atoms. The maximum Gasteiger partial charge on any atom is 0.521 e. The third-order valence-electron chi connectivity index (χ3n) is 4.62. The van der Waals surface area contributed by atoms with Crippen LogP contribution in [0.1, 0.15) is 37.3 Å². The molecule has 0 aliphatic heterocycles. The van der Waals surface area contributed by atoms with E-state index in [1.807, 2.05) is 19.1 Å². The van der Waals surface area contributed by atoms with Crippen molar-refractivity contribution < 1.29 is 38.7 Å². The smallest absolute Gasteiger partial charge is 0.521 e. The third kappa shape index (κ3) is 9.33.